The Hall–Kier alpha value is -0.810. The molecule has 0 saturated carbocycles. The van der Waals surface area contributed by atoms with Gasteiger partial charge in [-0.25, -0.2) is 0 Å². The van der Waals surface area contributed by atoms with Gasteiger partial charge in [-0.1, -0.05) is 6.42 Å². The lowest BCUT2D eigenvalue weighted by atomic mass is 9.99. The summed E-state index contributed by atoms with van der Waals surface area (Å²) in [5.74, 6) is 0.924. The molecule has 1 fully saturated rings. The van der Waals surface area contributed by atoms with E-state index in [0.717, 1.165) is 32.1 Å². The Balaban J connectivity index is 2.46. The Kier molecular flexibility index (Phi) is 8.34. The number of nitrogens with one attached hydrogen (secondary N) is 3. The van der Waals surface area contributed by atoms with Crippen molar-refractivity contribution in [3.05, 3.63) is 0 Å². The standard InChI is InChI=1S/C18H39N5/c1-7-19-16(20-11-12-22-17(2,3)4)21-15-18(5,6)23-13-9-8-10-14-23/h22H,7-15H2,1-6H3,(H2,19,20,21). The van der Waals surface area contributed by atoms with Crippen LogP contribution in [0.2, 0.25) is 0 Å². The van der Waals surface area contributed by atoms with Gasteiger partial charge in [0, 0.05) is 30.7 Å². The Morgan fingerprint density at radius 2 is 1.61 bits per heavy atom. The zero-order chi connectivity index (χ0) is 17.3. The third kappa shape index (κ3) is 8.56. The van der Waals surface area contributed by atoms with Crippen molar-refractivity contribution in [3.63, 3.8) is 0 Å². The Bertz CT molecular complexity index is 351. The Labute approximate surface area is 143 Å². The second-order valence-electron chi connectivity index (χ2n) is 8.16. The molecule has 1 saturated heterocycles. The van der Waals surface area contributed by atoms with Crippen LogP contribution in [0.25, 0.3) is 0 Å². The van der Waals surface area contributed by atoms with E-state index >= 15 is 0 Å². The van der Waals surface area contributed by atoms with Crippen LogP contribution < -0.4 is 16.0 Å². The van der Waals surface area contributed by atoms with E-state index in [2.05, 4.69) is 62.4 Å². The molecule has 0 unspecified atom stereocenters. The number of nitrogens with zero attached hydrogens (tertiary/aromatic N) is 2. The normalized spacial score (nSPS) is 18.1. The van der Waals surface area contributed by atoms with Crippen LogP contribution in [-0.4, -0.2) is 61.2 Å². The van der Waals surface area contributed by atoms with Crippen molar-refractivity contribution in [2.45, 2.75) is 71.9 Å². The summed E-state index contributed by atoms with van der Waals surface area (Å²) in [6.07, 6.45) is 4.02. The zero-order valence-corrected chi connectivity index (χ0v) is 16.3. The van der Waals surface area contributed by atoms with Gasteiger partial charge in [0.2, 0.25) is 0 Å². The quantitative estimate of drug-likeness (QED) is 0.382. The number of rotatable bonds is 7. The highest BCUT2D eigenvalue weighted by atomic mass is 15.2. The van der Waals surface area contributed by atoms with E-state index in [4.69, 9.17) is 4.99 Å². The first-order chi connectivity index (χ1) is 10.7. The Morgan fingerprint density at radius 3 is 2.17 bits per heavy atom. The zero-order valence-electron chi connectivity index (χ0n) is 16.3. The van der Waals surface area contributed by atoms with Gasteiger partial charge in [-0.3, -0.25) is 9.89 Å². The van der Waals surface area contributed by atoms with Crippen LogP contribution >= 0.6 is 0 Å². The van der Waals surface area contributed by atoms with Gasteiger partial charge >= 0.3 is 0 Å². The van der Waals surface area contributed by atoms with Crippen molar-refractivity contribution in [2.24, 2.45) is 4.99 Å². The van der Waals surface area contributed by atoms with Crippen molar-refractivity contribution >= 4 is 5.96 Å². The minimum absolute atomic E-state index is 0.131. The maximum Gasteiger partial charge on any atom is 0.191 e. The smallest absolute Gasteiger partial charge is 0.191 e. The summed E-state index contributed by atoms with van der Waals surface area (Å²) in [7, 11) is 0. The monoisotopic (exact) mass is 325 g/mol. The fraction of sp³-hybridized carbons (Fsp3) is 0.944. The van der Waals surface area contributed by atoms with E-state index in [0.29, 0.717) is 0 Å². The summed E-state index contributed by atoms with van der Waals surface area (Å²) < 4.78 is 0. The summed E-state index contributed by atoms with van der Waals surface area (Å²) >= 11 is 0. The number of hydrogen-bond donors (Lipinski definition) is 3. The lowest BCUT2D eigenvalue weighted by Crippen LogP contribution is -2.50. The third-order valence-corrected chi connectivity index (χ3v) is 4.25. The lowest BCUT2D eigenvalue weighted by molar-refractivity contribution is 0.102. The van der Waals surface area contributed by atoms with E-state index < -0.39 is 0 Å². The predicted molar refractivity (Wildman–Crippen MR) is 101 cm³/mol. The molecule has 0 radical (unpaired) electrons. The molecule has 1 rings (SSSR count). The van der Waals surface area contributed by atoms with E-state index in [1.165, 1.54) is 32.4 Å². The molecule has 23 heavy (non-hydrogen) atoms. The van der Waals surface area contributed by atoms with Crippen molar-refractivity contribution in [1.82, 2.24) is 20.9 Å². The first-order valence-electron chi connectivity index (χ1n) is 9.27. The molecule has 0 aromatic heterocycles. The topological polar surface area (TPSA) is 51.7 Å². The van der Waals surface area contributed by atoms with Crippen LogP contribution in [0, 0.1) is 0 Å². The summed E-state index contributed by atoms with van der Waals surface area (Å²) in [6, 6.07) is 0. The third-order valence-electron chi connectivity index (χ3n) is 4.25. The first-order valence-corrected chi connectivity index (χ1v) is 9.27. The van der Waals surface area contributed by atoms with Crippen molar-refractivity contribution in [3.8, 4) is 0 Å². The molecule has 1 aliphatic heterocycles. The lowest BCUT2D eigenvalue weighted by Gasteiger charge is -2.40. The molecular formula is C18H39N5. The molecule has 1 heterocycles. The van der Waals surface area contributed by atoms with E-state index in [9.17, 15) is 0 Å². The van der Waals surface area contributed by atoms with Gasteiger partial charge in [-0.05, 0) is 67.5 Å². The van der Waals surface area contributed by atoms with Gasteiger partial charge in [0.25, 0.3) is 0 Å². The minimum Gasteiger partial charge on any atom is -0.357 e. The average Bonchev–Trinajstić information content (AvgIpc) is 2.49. The average molecular weight is 326 g/mol. The highest BCUT2D eigenvalue weighted by Gasteiger charge is 2.27. The van der Waals surface area contributed by atoms with Gasteiger partial charge in [0.05, 0.1) is 6.54 Å². The molecule has 5 nitrogen and oxygen atoms in total. The maximum absolute atomic E-state index is 4.82. The fourth-order valence-electron chi connectivity index (χ4n) is 2.83. The van der Waals surface area contributed by atoms with Crippen LogP contribution in [0.5, 0.6) is 0 Å². The second-order valence-corrected chi connectivity index (χ2v) is 8.16. The van der Waals surface area contributed by atoms with Crippen LogP contribution in [0.4, 0.5) is 0 Å². The van der Waals surface area contributed by atoms with Crippen LogP contribution in [0.3, 0.4) is 0 Å². The summed E-state index contributed by atoms with van der Waals surface area (Å²) in [4.78, 5) is 7.41. The van der Waals surface area contributed by atoms with E-state index in [1.807, 2.05) is 0 Å². The fourth-order valence-corrected chi connectivity index (χ4v) is 2.83. The number of aliphatic imine (C=N–C) groups is 1. The molecule has 0 aromatic carbocycles. The maximum atomic E-state index is 4.82. The number of likely N-dealkylation sites (tertiary alicyclic amines) is 1. The molecule has 3 N–H and O–H groups in total. The highest BCUT2D eigenvalue weighted by molar-refractivity contribution is 5.79. The first kappa shape index (κ1) is 20.2. The largest absolute Gasteiger partial charge is 0.357 e. The van der Waals surface area contributed by atoms with E-state index in [-0.39, 0.29) is 11.1 Å². The number of piperidine rings is 1. The highest BCUT2D eigenvalue weighted by Crippen LogP contribution is 2.20. The second kappa shape index (κ2) is 9.48. The van der Waals surface area contributed by atoms with Gasteiger partial charge in [0.15, 0.2) is 5.96 Å². The molecule has 0 spiro atoms. The molecular weight excluding hydrogens is 286 g/mol. The van der Waals surface area contributed by atoms with Gasteiger partial charge < -0.3 is 16.0 Å². The van der Waals surface area contributed by atoms with Crippen LogP contribution in [-0.2, 0) is 0 Å². The molecule has 1 aliphatic rings. The van der Waals surface area contributed by atoms with Crippen molar-refractivity contribution < 1.29 is 0 Å². The van der Waals surface area contributed by atoms with Gasteiger partial charge in [-0.15, -0.1) is 0 Å². The van der Waals surface area contributed by atoms with Crippen LogP contribution in [0.15, 0.2) is 4.99 Å². The van der Waals surface area contributed by atoms with Crippen molar-refractivity contribution in [1.29, 1.82) is 0 Å². The molecule has 0 amide bonds. The molecule has 0 aromatic rings. The van der Waals surface area contributed by atoms with Crippen LogP contribution in [0.1, 0.15) is 60.8 Å². The van der Waals surface area contributed by atoms with Crippen molar-refractivity contribution in [2.75, 3.05) is 39.3 Å². The Morgan fingerprint density at radius 1 is 0.957 bits per heavy atom. The van der Waals surface area contributed by atoms with Gasteiger partial charge in [-0.2, -0.15) is 0 Å². The summed E-state index contributed by atoms with van der Waals surface area (Å²) in [5, 5.41) is 10.3. The molecule has 0 aliphatic carbocycles. The number of guanidine groups is 1. The predicted octanol–water partition coefficient (Wildman–Crippen LogP) is 2.19. The SMILES string of the molecule is CCNC(=NCC(C)(C)N1CCCCC1)NCCNC(C)(C)C. The van der Waals surface area contributed by atoms with E-state index in [1.54, 1.807) is 0 Å². The molecule has 5 heteroatoms. The summed E-state index contributed by atoms with van der Waals surface area (Å²) in [6.45, 7) is 19.3. The van der Waals surface area contributed by atoms with Gasteiger partial charge in [0.1, 0.15) is 0 Å². The summed E-state index contributed by atoms with van der Waals surface area (Å²) in [5.41, 5.74) is 0.292. The molecule has 0 bridgehead atoms. The minimum atomic E-state index is 0.131. The molecule has 0 atom stereocenters. The number of hydrogen-bond acceptors (Lipinski definition) is 3. The molecule has 136 valence electrons.